The molecular weight excluding hydrogens is 308 g/mol. The largest absolute Gasteiger partial charge is 0.467 e. The van der Waals surface area contributed by atoms with Crippen molar-refractivity contribution >= 4 is 11.8 Å². The number of carbonyl (C=O) groups excluding carboxylic acids is 1. The first-order valence-electron chi connectivity index (χ1n) is 8.41. The Bertz CT molecular complexity index is 632. The van der Waals surface area contributed by atoms with Crippen LogP contribution < -0.4 is 10.6 Å². The molecule has 0 radical (unpaired) electrons. The fraction of sp³-hybridized carbons (Fsp3) is 0.529. The first kappa shape index (κ1) is 16.6. The molecule has 0 aliphatic heterocycles. The van der Waals surface area contributed by atoms with E-state index in [1.54, 1.807) is 25.6 Å². The van der Waals surface area contributed by atoms with Crippen LogP contribution in [0.4, 0.5) is 10.6 Å². The van der Waals surface area contributed by atoms with Gasteiger partial charge in [0.1, 0.15) is 17.6 Å². The van der Waals surface area contributed by atoms with Crippen LogP contribution in [-0.4, -0.2) is 29.5 Å². The molecule has 0 saturated heterocycles. The molecule has 0 aromatic carbocycles. The van der Waals surface area contributed by atoms with Crippen LogP contribution in [0.25, 0.3) is 0 Å². The molecule has 1 aliphatic carbocycles. The standard InChI is InChI=1S/C17H24N4O3/c1-23-12-14(15-8-5-11-24-15)19-17(22)20-16-9-10-18-21(16)13-6-3-2-4-7-13/h5,8-11,13-14H,2-4,6-7,12H2,1H3,(H2,19,20,22)/t14-/m1/s1. The van der Waals surface area contributed by atoms with E-state index in [1.807, 2.05) is 16.8 Å². The van der Waals surface area contributed by atoms with Crippen LogP contribution in [0.3, 0.4) is 0 Å². The molecule has 2 aromatic heterocycles. The van der Waals surface area contributed by atoms with Gasteiger partial charge in [0, 0.05) is 13.2 Å². The molecule has 2 N–H and O–H groups in total. The Balaban J connectivity index is 1.63. The minimum Gasteiger partial charge on any atom is -0.467 e. The number of hydrogen-bond donors (Lipinski definition) is 2. The Hall–Kier alpha value is -2.28. The molecule has 0 unspecified atom stereocenters. The Morgan fingerprint density at radius 3 is 2.96 bits per heavy atom. The average molecular weight is 332 g/mol. The molecule has 2 aromatic rings. The predicted octanol–water partition coefficient (Wildman–Crippen LogP) is 3.49. The molecule has 1 fully saturated rings. The first-order valence-corrected chi connectivity index (χ1v) is 8.41. The number of methoxy groups -OCH3 is 1. The van der Waals surface area contributed by atoms with Gasteiger partial charge in [-0.1, -0.05) is 19.3 Å². The van der Waals surface area contributed by atoms with Crippen LogP contribution in [0.15, 0.2) is 35.1 Å². The molecule has 7 nitrogen and oxygen atoms in total. The van der Waals surface area contributed by atoms with E-state index in [1.165, 1.54) is 19.3 Å². The number of nitrogens with zero attached hydrogens (tertiary/aromatic N) is 2. The molecule has 1 aliphatic rings. The molecule has 130 valence electrons. The maximum Gasteiger partial charge on any atom is 0.321 e. The van der Waals surface area contributed by atoms with Gasteiger partial charge in [0.05, 0.1) is 25.1 Å². The summed E-state index contributed by atoms with van der Waals surface area (Å²) in [6.07, 6.45) is 9.23. The molecule has 7 heteroatoms. The number of furan rings is 1. The molecule has 24 heavy (non-hydrogen) atoms. The lowest BCUT2D eigenvalue weighted by Gasteiger charge is -2.24. The van der Waals surface area contributed by atoms with E-state index < -0.39 is 0 Å². The van der Waals surface area contributed by atoms with E-state index in [2.05, 4.69) is 15.7 Å². The molecule has 0 spiro atoms. The minimum atomic E-state index is -0.337. The third-order valence-electron chi connectivity index (χ3n) is 4.36. The van der Waals surface area contributed by atoms with Gasteiger partial charge in [-0.05, 0) is 25.0 Å². The lowest BCUT2D eigenvalue weighted by molar-refractivity contribution is 0.159. The van der Waals surface area contributed by atoms with Gasteiger partial charge in [-0.3, -0.25) is 5.32 Å². The summed E-state index contributed by atoms with van der Waals surface area (Å²) in [5.74, 6) is 1.38. The highest BCUT2D eigenvalue weighted by Gasteiger charge is 2.21. The number of aromatic nitrogens is 2. The second kappa shape index (κ2) is 8.01. The van der Waals surface area contributed by atoms with Crippen LogP contribution in [0, 0.1) is 0 Å². The van der Waals surface area contributed by atoms with Crippen LogP contribution in [0.1, 0.15) is 49.9 Å². The zero-order valence-electron chi connectivity index (χ0n) is 13.9. The smallest absolute Gasteiger partial charge is 0.321 e. The summed E-state index contributed by atoms with van der Waals surface area (Å²) in [5, 5.41) is 10.2. The topological polar surface area (TPSA) is 81.3 Å². The Labute approximate surface area is 141 Å². The van der Waals surface area contributed by atoms with Crippen molar-refractivity contribution in [2.75, 3.05) is 19.0 Å². The van der Waals surface area contributed by atoms with E-state index >= 15 is 0 Å². The highest BCUT2D eigenvalue weighted by atomic mass is 16.5. The van der Waals surface area contributed by atoms with Gasteiger partial charge in [-0.2, -0.15) is 5.10 Å². The van der Waals surface area contributed by atoms with Gasteiger partial charge in [0.2, 0.25) is 0 Å². The normalized spacial score (nSPS) is 16.7. The highest BCUT2D eigenvalue weighted by molar-refractivity contribution is 5.88. The van der Waals surface area contributed by atoms with Crippen molar-refractivity contribution in [3.8, 4) is 0 Å². The third kappa shape index (κ3) is 3.97. The van der Waals surface area contributed by atoms with Crippen molar-refractivity contribution in [1.82, 2.24) is 15.1 Å². The predicted molar refractivity (Wildman–Crippen MR) is 89.8 cm³/mol. The van der Waals surface area contributed by atoms with Crippen molar-refractivity contribution in [2.45, 2.75) is 44.2 Å². The maximum absolute atomic E-state index is 12.4. The van der Waals surface area contributed by atoms with Gasteiger partial charge < -0.3 is 14.5 Å². The van der Waals surface area contributed by atoms with Gasteiger partial charge in [-0.25, -0.2) is 9.48 Å². The van der Waals surface area contributed by atoms with E-state index in [9.17, 15) is 4.79 Å². The van der Waals surface area contributed by atoms with Crippen molar-refractivity contribution < 1.29 is 13.9 Å². The second-order valence-corrected chi connectivity index (χ2v) is 6.07. The summed E-state index contributed by atoms with van der Waals surface area (Å²) in [4.78, 5) is 12.4. The highest BCUT2D eigenvalue weighted by Crippen LogP contribution is 2.29. The Kier molecular flexibility index (Phi) is 5.53. The van der Waals surface area contributed by atoms with E-state index in [-0.39, 0.29) is 12.1 Å². The first-order chi connectivity index (χ1) is 11.8. The van der Waals surface area contributed by atoms with Gasteiger partial charge in [0.25, 0.3) is 0 Å². The SMILES string of the molecule is COC[C@@H](NC(=O)Nc1ccnn1C1CCCCC1)c1ccco1. The number of anilines is 1. The number of amides is 2. The van der Waals surface area contributed by atoms with E-state index in [0.717, 1.165) is 18.7 Å². The maximum atomic E-state index is 12.4. The third-order valence-corrected chi connectivity index (χ3v) is 4.36. The molecular formula is C17H24N4O3. The summed E-state index contributed by atoms with van der Waals surface area (Å²) in [5.41, 5.74) is 0. The van der Waals surface area contributed by atoms with Crippen molar-refractivity contribution in [3.63, 3.8) is 0 Å². The summed E-state index contributed by atoms with van der Waals surface area (Å²) < 4.78 is 12.5. The fourth-order valence-electron chi connectivity index (χ4n) is 3.19. The summed E-state index contributed by atoms with van der Waals surface area (Å²) in [6, 6.07) is 5.16. The van der Waals surface area contributed by atoms with Gasteiger partial charge in [-0.15, -0.1) is 0 Å². The molecule has 1 saturated carbocycles. The number of ether oxygens (including phenoxy) is 1. The lowest BCUT2D eigenvalue weighted by atomic mass is 9.96. The van der Waals surface area contributed by atoms with Gasteiger partial charge in [0.15, 0.2) is 0 Å². The number of carbonyl (C=O) groups is 1. The second-order valence-electron chi connectivity index (χ2n) is 6.07. The minimum absolute atomic E-state index is 0.300. The number of hydrogen-bond acceptors (Lipinski definition) is 4. The molecule has 2 amide bonds. The number of urea groups is 1. The van der Waals surface area contributed by atoms with Crippen LogP contribution >= 0.6 is 0 Å². The Morgan fingerprint density at radius 1 is 1.42 bits per heavy atom. The lowest BCUT2D eigenvalue weighted by Crippen LogP contribution is -2.35. The quantitative estimate of drug-likeness (QED) is 0.848. The molecule has 1 atom stereocenters. The van der Waals surface area contributed by atoms with Crippen molar-refractivity contribution in [1.29, 1.82) is 0 Å². The van der Waals surface area contributed by atoms with Crippen LogP contribution in [-0.2, 0) is 4.74 Å². The molecule has 0 bridgehead atoms. The van der Waals surface area contributed by atoms with E-state index in [4.69, 9.17) is 9.15 Å². The summed E-state index contributed by atoms with van der Waals surface area (Å²) >= 11 is 0. The van der Waals surface area contributed by atoms with E-state index in [0.29, 0.717) is 18.4 Å². The number of nitrogens with one attached hydrogen (secondary N) is 2. The summed E-state index contributed by atoms with van der Waals surface area (Å²) in [7, 11) is 1.59. The number of rotatable bonds is 6. The fourth-order valence-corrected chi connectivity index (χ4v) is 3.19. The zero-order valence-corrected chi connectivity index (χ0v) is 13.9. The average Bonchev–Trinajstić information content (AvgIpc) is 3.27. The molecule has 2 heterocycles. The monoisotopic (exact) mass is 332 g/mol. The van der Waals surface area contributed by atoms with Crippen LogP contribution in [0.2, 0.25) is 0 Å². The Morgan fingerprint density at radius 2 is 2.25 bits per heavy atom. The van der Waals surface area contributed by atoms with Crippen LogP contribution in [0.5, 0.6) is 0 Å². The summed E-state index contributed by atoms with van der Waals surface area (Å²) in [6.45, 7) is 0.336. The zero-order chi connectivity index (χ0) is 16.8. The molecule has 3 rings (SSSR count). The van der Waals surface area contributed by atoms with Crippen molar-refractivity contribution in [3.05, 3.63) is 36.4 Å². The van der Waals surface area contributed by atoms with Crippen molar-refractivity contribution in [2.24, 2.45) is 0 Å². The van der Waals surface area contributed by atoms with Gasteiger partial charge >= 0.3 is 6.03 Å².